The van der Waals surface area contributed by atoms with E-state index in [-0.39, 0.29) is 23.6 Å². The first kappa shape index (κ1) is 15.8. The molecule has 2 N–H and O–H groups in total. The fraction of sp³-hybridized carbons (Fsp3) is 0.929. The topological polar surface area (TPSA) is 83.5 Å². The zero-order chi connectivity index (χ0) is 15.1. The summed E-state index contributed by atoms with van der Waals surface area (Å²) in [5, 5.41) is 12.5. The second-order valence-electron chi connectivity index (χ2n) is 7.11. The molecule has 6 heteroatoms. The molecule has 116 valence electrons. The van der Waals surface area contributed by atoms with Gasteiger partial charge >= 0.3 is 5.97 Å². The van der Waals surface area contributed by atoms with Crippen LogP contribution >= 0.6 is 0 Å². The molecule has 0 aliphatic heterocycles. The molecule has 2 aliphatic carbocycles. The zero-order valence-electron chi connectivity index (χ0n) is 12.4. The highest BCUT2D eigenvalue weighted by atomic mass is 32.2. The summed E-state index contributed by atoms with van der Waals surface area (Å²) in [6.07, 6.45) is 3.04. The minimum absolute atomic E-state index is 0.0542. The fourth-order valence-electron chi connectivity index (χ4n) is 3.61. The first-order chi connectivity index (χ1) is 9.13. The molecule has 2 rings (SSSR count). The molecule has 0 aromatic heterocycles. The summed E-state index contributed by atoms with van der Waals surface area (Å²) in [5.74, 6) is -0.344. The monoisotopic (exact) mass is 303 g/mol. The van der Waals surface area contributed by atoms with Gasteiger partial charge in [0.05, 0.1) is 16.4 Å². The second kappa shape index (κ2) is 5.30. The molecular formula is C14H25NO4S. The molecule has 2 aliphatic rings. The Labute approximate surface area is 121 Å². The van der Waals surface area contributed by atoms with E-state index < -0.39 is 20.6 Å². The summed E-state index contributed by atoms with van der Waals surface area (Å²) in [4.78, 5) is 11.4. The van der Waals surface area contributed by atoms with Gasteiger partial charge in [-0.1, -0.05) is 0 Å². The average molecular weight is 303 g/mol. The molecule has 20 heavy (non-hydrogen) atoms. The van der Waals surface area contributed by atoms with Gasteiger partial charge in [0.15, 0.2) is 9.84 Å². The van der Waals surface area contributed by atoms with Crippen LogP contribution in [0.2, 0.25) is 0 Å². The van der Waals surface area contributed by atoms with Crippen molar-refractivity contribution < 1.29 is 18.3 Å². The lowest BCUT2D eigenvalue weighted by molar-refractivity contribution is -0.144. The van der Waals surface area contributed by atoms with E-state index in [9.17, 15) is 18.3 Å². The first-order valence-corrected chi connectivity index (χ1v) is 8.97. The van der Waals surface area contributed by atoms with E-state index in [0.717, 1.165) is 19.3 Å². The van der Waals surface area contributed by atoms with Crippen molar-refractivity contribution in [2.45, 2.75) is 50.8 Å². The highest BCUT2D eigenvalue weighted by Gasteiger charge is 2.50. The standard InChI is InChI=1S/C14H25NO4S/c1-14(2,3)20(18,19)7-6-15-12-10-5-4-9(8-10)11(12)13(16)17/h9-12,15H,4-8H2,1-3H3,(H,16,17). The van der Waals surface area contributed by atoms with Gasteiger partial charge in [-0.3, -0.25) is 4.79 Å². The molecule has 0 radical (unpaired) electrons. The summed E-state index contributed by atoms with van der Waals surface area (Å²) in [7, 11) is -3.15. The smallest absolute Gasteiger partial charge is 0.308 e. The molecule has 0 aromatic rings. The number of carboxylic acid groups (broad SMARTS) is 1. The Hall–Kier alpha value is -0.620. The Bertz CT molecular complexity index is 480. The van der Waals surface area contributed by atoms with Gasteiger partial charge in [-0.05, 0) is 51.9 Å². The van der Waals surface area contributed by atoms with E-state index in [1.165, 1.54) is 0 Å². The Morgan fingerprint density at radius 2 is 1.85 bits per heavy atom. The summed E-state index contributed by atoms with van der Waals surface area (Å²) in [6.45, 7) is 5.43. The third-order valence-corrected chi connectivity index (χ3v) is 7.49. The molecule has 2 saturated carbocycles. The maximum absolute atomic E-state index is 12.0. The predicted octanol–water partition coefficient (Wildman–Crippen LogP) is 1.29. The van der Waals surface area contributed by atoms with Gasteiger partial charge in [0.1, 0.15) is 0 Å². The molecule has 0 amide bonds. The maximum atomic E-state index is 12.0. The molecule has 0 heterocycles. The molecule has 0 aromatic carbocycles. The molecule has 4 unspecified atom stereocenters. The van der Waals surface area contributed by atoms with Crippen LogP contribution in [0.15, 0.2) is 0 Å². The van der Waals surface area contributed by atoms with Gasteiger partial charge in [0.25, 0.3) is 0 Å². The van der Waals surface area contributed by atoms with Gasteiger partial charge in [0.2, 0.25) is 0 Å². The lowest BCUT2D eigenvalue weighted by Crippen LogP contribution is -2.46. The quantitative estimate of drug-likeness (QED) is 0.799. The predicted molar refractivity (Wildman–Crippen MR) is 77.3 cm³/mol. The third kappa shape index (κ3) is 2.86. The van der Waals surface area contributed by atoms with Crippen molar-refractivity contribution in [1.29, 1.82) is 0 Å². The first-order valence-electron chi connectivity index (χ1n) is 7.32. The van der Waals surface area contributed by atoms with Crippen LogP contribution in [0.5, 0.6) is 0 Å². The lowest BCUT2D eigenvalue weighted by Gasteiger charge is -2.29. The molecule has 0 spiro atoms. The fourth-order valence-corrected chi connectivity index (χ4v) is 4.61. The van der Waals surface area contributed by atoms with Crippen LogP contribution < -0.4 is 5.32 Å². The van der Waals surface area contributed by atoms with Gasteiger partial charge in [-0.2, -0.15) is 0 Å². The van der Waals surface area contributed by atoms with Crippen molar-refractivity contribution in [1.82, 2.24) is 5.32 Å². The highest BCUT2D eigenvalue weighted by Crippen LogP contribution is 2.48. The van der Waals surface area contributed by atoms with Crippen LogP contribution in [0.4, 0.5) is 0 Å². The van der Waals surface area contributed by atoms with Crippen LogP contribution in [0.1, 0.15) is 40.0 Å². The van der Waals surface area contributed by atoms with Gasteiger partial charge < -0.3 is 10.4 Å². The Kier molecular flexibility index (Phi) is 4.17. The lowest BCUT2D eigenvalue weighted by atomic mass is 9.84. The number of carboxylic acids is 1. The van der Waals surface area contributed by atoms with E-state index in [0.29, 0.717) is 12.5 Å². The second-order valence-corrected chi connectivity index (χ2v) is 9.97. The molecule has 2 fully saturated rings. The molecule has 0 saturated heterocycles. The molecule has 4 atom stereocenters. The number of nitrogens with one attached hydrogen (secondary N) is 1. The summed E-state index contributed by atoms with van der Waals surface area (Å²) in [6, 6.07) is -0.0542. The molecule has 5 nitrogen and oxygen atoms in total. The highest BCUT2D eigenvalue weighted by molar-refractivity contribution is 7.92. The molecular weight excluding hydrogens is 278 g/mol. The summed E-state index contributed by atoms with van der Waals surface area (Å²) >= 11 is 0. The number of carbonyl (C=O) groups is 1. The normalized spacial score (nSPS) is 33.5. The van der Waals surface area contributed by atoms with Crippen molar-refractivity contribution in [3.63, 3.8) is 0 Å². The van der Waals surface area contributed by atoms with Crippen molar-refractivity contribution in [3.05, 3.63) is 0 Å². The van der Waals surface area contributed by atoms with Crippen molar-refractivity contribution in [2.75, 3.05) is 12.3 Å². The third-order valence-electron chi connectivity index (χ3n) is 4.89. The van der Waals surface area contributed by atoms with Crippen LogP contribution in [-0.2, 0) is 14.6 Å². The zero-order valence-corrected chi connectivity index (χ0v) is 13.2. The van der Waals surface area contributed by atoms with Crippen molar-refractivity contribution in [3.8, 4) is 0 Å². The van der Waals surface area contributed by atoms with Crippen LogP contribution in [0.25, 0.3) is 0 Å². The Morgan fingerprint density at radius 3 is 2.40 bits per heavy atom. The number of hydrogen-bond acceptors (Lipinski definition) is 4. The number of aliphatic carboxylic acids is 1. The number of fused-ring (bicyclic) bond motifs is 2. The average Bonchev–Trinajstić information content (AvgIpc) is 2.86. The van der Waals surface area contributed by atoms with E-state index in [1.807, 2.05) is 0 Å². The summed E-state index contributed by atoms with van der Waals surface area (Å²) < 4.78 is 23.3. The van der Waals surface area contributed by atoms with Crippen LogP contribution in [-0.4, -0.2) is 42.6 Å². The van der Waals surface area contributed by atoms with E-state index in [4.69, 9.17) is 0 Å². The van der Waals surface area contributed by atoms with Crippen LogP contribution in [0, 0.1) is 17.8 Å². The maximum Gasteiger partial charge on any atom is 0.308 e. The van der Waals surface area contributed by atoms with Crippen LogP contribution in [0.3, 0.4) is 0 Å². The van der Waals surface area contributed by atoms with E-state index in [1.54, 1.807) is 20.8 Å². The Morgan fingerprint density at radius 1 is 1.25 bits per heavy atom. The van der Waals surface area contributed by atoms with Gasteiger partial charge in [-0.15, -0.1) is 0 Å². The SMILES string of the molecule is CC(C)(C)S(=O)(=O)CCNC1C2CCC(C2)C1C(=O)O. The number of rotatable bonds is 5. The van der Waals surface area contributed by atoms with Crippen molar-refractivity contribution >= 4 is 15.8 Å². The summed E-state index contributed by atoms with van der Waals surface area (Å²) in [5.41, 5.74) is 0. The van der Waals surface area contributed by atoms with Crippen molar-refractivity contribution in [2.24, 2.45) is 17.8 Å². The van der Waals surface area contributed by atoms with E-state index >= 15 is 0 Å². The van der Waals surface area contributed by atoms with Gasteiger partial charge in [0, 0.05) is 12.6 Å². The minimum atomic E-state index is -3.15. The molecule has 2 bridgehead atoms. The minimum Gasteiger partial charge on any atom is -0.481 e. The van der Waals surface area contributed by atoms with E-state index in [2.05, 4.69) is 5.32 Å². The number of sulfone groups is 1. The largest absolute Gasteiger partial charge is 0.481 e. The number of hydrogen-bond donors (Lipinski definition) is 2. The Balaban J connectivity index is 1.93. The van der Waals surface area contributed by atoms with Gasteiger partial charge in [-0.25, -0.2) is 8.42 Å².